The number of ether oxygens (including phenoxy) is 4. The second-order valence-electron chi connectivity index (χ2n) is 3.32. The van der Waals surface area contributed by atoms with Gasteiger partial charge in [-0.3, -0.25) is 0 Å². The molecule has 0 fully saturated rings. The summed E-state index contributed by atoms with van der Waals surface area (Å²) in [6.07, 6.45) is 2.93. The molecule has 5 nitrogen and oxygen atoms in total. The zero-order valence-electron chi connectivity index (χ0n) is 11.3. The molecular formula is C13H16O5V. The minimum absolute atomic E-state index is 0. The van der Waals surface area contributed by atoms with E-state index in [2.05, 4.69) is 4.74 Å². The van der Waals surface area contributed by atoms with Crippen molar-refractivity contribution in [3.8, 4) is 17.2 Å². The molecule has 0 saturated carbocycles. The van der Waals surface area contributed by atoms with Gasteiger partial charge in [0.05, 0.1) is 28.4 Å². The van der Waals surface area contributed by atoms with Crippen molar-refractivity contribution in [1.82, 2.24) is 0 Å². The summed E-state index contributed by atoms with van der Waals surface area (Å²) in [5.41, 5.74) is 0.745. The van der Waals surface area contributed by atoms with E-state index >= 15 is 0 Å². The molecule has 0 saturated heterocycles. The smallest absolute Gasteiger partial charge is 0.330 e. The third-order valence-electron chi connectivity index (χ3n) is 2.30. The van der Waals surface area contributed by atoms with Gasteiger partial charge in [-0.15, -0.1) is 0 Å². The van der Waals surface area contributed by atoms with E-state index in [1.807, 2.05) is 0 Å². The van der Waals surface area contributed by atoms with E-state index in [4.69, 9.17) is 14.2 Å². The number of methoxy groups -OCH3 is 4. The quantitative estimate of drug-likeness (QED) is 0.614. The molecule has 1 aromatic rings. The van der Waals surface area contributed by atoms with Crippen LogP contribution in [0.15, 0.2) is 18.2 Å². The summed E-state index contributed by atoms with van der Waals surface area (Å²) in [6, 6.07) is 3.47. The third kappa shape index (κ3) is 4.54. The number of rotatable bonds is 5. The Balaban J connectivity index is 0.00000324. The number of benzene rings is 1. The summed E-state index contributed by atoms with van der Waals surface area (Å²) < 4.78 is 20.1. The van der Waals surface area contributed by atoms with E-state index < -0.39 is 5.97 Å². The summed E-state index contributed by atoms with van der Waals surface area (Å²) in [7, 11) is 5.92. The fourth-order valence-electron chi connectivity index (χ4n) is 1.43. The molecule has 0 aliphatic heterocycles. The zero-order valence-corrected chi connectivity index (χ0v) is 12.7. The number of hydrogen-bond donors (Lipinski definition) is 0. The summed E-state index contributed by atoms with van der Waals surface area (Å²) >= 11 is 0. The Morgan fingerprint density at radius 1 is 1.00 bits per heavy atom. The van der Waals surface area contributed by atoms with E-state index in [-0.39, 0.29) is 18.6 Å². The van der Waals surface area contributed by atoms with Crippen molar-refractivity contribution < 1.29 is 42.3 Å². The van der Waals surface area contributed by atoms with Crippen LogP contribution >= 0.6 is 0 Å². The van der Waals surface area contributed by atoms with E-state index in [9.17, 15) is 4.79 Å². The largest absolute Gasteiger partial charge is 0.493 e. The Hall–Kier alpha value is -1.59. The fraction of sp³-hybridized carbons (Fsp3) is 0.308. The van der Waals surface area contributed by atoms with E-state index in [1.54, 1.807) is 18.2 Å². The van der Waals surface area contributed by atoms with Crippen molar-refractivity contribution >= 4 is 12.0 Å². The predicted octanol–water partition coefficient (Wildman–Crippen LogP) is 1.90. The van der Waals surface area contributed by atoms with E-state index in [1.165, 1.54) is 34.5 Å². The standard InChI is InChI=1S/C13H16O5.V/c1-15-10-7-9(5-6-12(14)17-3)8-11(16-2)13(10)18-4;/h5-8H,1-4H3;/b6-5+;. The second kappa shape index (κ2) is 8.50. The molecular weight excluding hydrogens is 287 g/mol. The average molecular weight is 303 g/mol. The van der Waals surface area contributed by atoms with Gasteiger partial charge in [-0.1, -0.05) is 0 Å². The Morgan fingerprint density at radius 3 is 1.89 bits per heavy atom. The minimum atomic E-state index is -0.427. The molecule has 1 aromatic carbocycles. The first-order chi connectivity index (χ1) is 8.65. The van der Waals surface area contributed by atoms with Gasteiger partial charge in [0.2, 0.25) is 5.75 Å². The molecule has 1 radical (unpaired) electrons. The molecule has 0 spiro atoms. The molecule has 19 heavy (non-hydrogen) atoms. The first kappa shape index (κ1) is 17.4. The van der Waals surface area contributed by atoms with Gasteiger partial charge in [-0.05, 0) is 23.8 Å². The average Bonchev–Trinajstić information content (AvgIpc) is 2.43. The van der Waals surface area contributed by atoms with Gasteiger partial charge in [0.15, 0.2) is 11.5 Å². The molecule has 0 heterocycles. The third-order valence-corrected chi connectivity index (χ3v) is 2.30. The van der Waals surface area contributed by atoms with Crippen LogP contribution in [0.5, 0.6) is 17.2 Å². The van der Waals surface area contributed by atoms with Gasteiger partial charge in [0.1, 0.15) is 0 Å². The van der Waals surface area contributed by atoms with Crippen molar-refractivity contribution in [2.45, 2.75) is 0 Å². The SMILES string of the molecule is COC(=O)/C=C/c1cc(OC)c(OC)c(OC)c1.[V]. The molecule has 0 bridgehead atoms. The van der Waals surface area contributed by atoms with Crippen LogP contribution in [0.25, 0.3) is 6.08 Å². The molecule has 0 unspecified atom stereocenters. The molecule has 0 N–H and O–H groups in total. The summed E-state index contributed by atoms with van der Waals surface area (Å²) in [4.78, 5) is 11.0. The topological polar surface area (TPSA) is 54.0 Å². The Morgan fingerprint density at radius 2 is 1.53 bits per heavy atom. The van der Waals surface area contributed by atoms with Gasteiger partial charge in [0.25, 0.3) is 0 Å². The van der Waals surface area contributed by atoms with Crippen molar-refractivity contribution in [3.05, 3.63) is 23.8 Å². The van der Waals surface area contributed by atoms with Crippen molar-refractivity contribution in [1.29, 1.82) is 0 Å². The fourth-order valence-corrected chi connectivity index (χ4v) is 1.43. The summed E-state index contributed by atoms with van der Waals surface area (Å²) in [6.45, 7) is 0. The maximum atomic E-state index is 11.0. The van der Waals surface area contributed by atoms with Crippen LogP contribution in [0.2, 0.25) is 0 Å². The summed E-state index contributed by atoms with van der Waals surface area (Å²) in [5.74, 6) is 1.14. The maximum absolute atomic E-state index is 11.0. The maximum Gasteiger partial charge on any atom is 0.330 e. The molecule has 0 amide bonds. The van der Waals surface area contributed by atoms with Crippen LogP contribution in [-0.4, -0.2) is 34.4 Å². The first-order valence-electron chi connectivity index (χ1n) is 5.22. The molecule has 0 aliphatic carbocycles. The van der Waals surface area contributed by atoms with Crippen LogP contribution in [-0.2, 0) is 28.1 Å². The molecule has 1 rings (SSSR count). The van der Waals surface area contributed by atoms with Crippen molar-refractivity contribution in [3.63, 3.8) is 0 Å². The van der Waals surface area contributed by atoms with Gasteiger partial charge in [0, 0.05) is 24.6 Å². The van der Waals surface area contributed by atoms with E-state index in [0.29, 0.717) is 17.2 Å². The molecule has 0 aromatic heterocycles. The number of esters is 1. The van der Waals surface area contributed by atoms with Gasteiger partial charge in [-0.2, -0.15) is 0 Å². The van der Waals surface area contributed by atoms with Crippen molar-refractivity contribution in [2.24, 2.45) is 0 Å². The normalized spacial score (nSPS) is 9.68. The predicted molar refractivity (Wildman–Crippen MR) is 67.1 cm³/mol. The van der Waals surface area contributed by atoms with Gasteiger partial charge >= 0.3 is 5.97 Å². The van der Waals surface area contributed by atoms with Gasteiger partial charge < -0.3 is 18.9 Å². The number of hydrogen-bond acceptors (Lipinski definition) is 5. The van der Waals surface area contributed by atoms with Crippen LogP contribution in [0.3, 0.4) is 0 Å². The second-order valence-corrected chi connectivity index (χ2v) is 3.32. The minimum Gasteiger partial charge on any atom is -0.493 e. The zero-order chi connectivity index (χ0) is 13.5. The monoisotopic (exact) mass is 303 g/mol. The van der Waals surface area contributed by atoms with Crippen molar-refractivity contribution in [2.75, 3.05) is 28.4 Å². The van der Waals surface area contributed by atoms with Crippen LogP contribution in [0.4, 0.5) is 0 Å². The summed E-state index contributed by atoms with van der Waals surface area (Å²) in [5, 5.41) is 0. The number of carbonyl (C=O) groups is 1. The van der Waals surface area contributed by atoms with Crippen LogP contribution in [0.1, 0.15) is 5.56 Å². The number of carbonyl (C=O) groups excluding carboxylic acids is 1. The van der Waals surface area contributed by atoms with E-state index in [0.717, 1.165) is 5.56 Å². The Kier molecular flexibility index (Phi) is 7.80. The molecule has 6 heteroatoms. The Bertz CT molecular complexity index is 431. The molecule has 103 valence electrons. The van der Waals surface area contributed by atoms with Crippen LogP contribution < -0.4 is 14.2 Å². The molecule has 0 atom stereocenters. The first-order valence-corrected chi connectivity index (χ1v) is 5.22. The Labute approximate surface area is 124 Å². The molecule has 0 aliphatic rings. The van der Waals surface area contributed by atoms with Gasteiger partial charge in [-0.25, -0.2) is 4.79 Å². The van der Waals surface area contributed by atoms with Crippen LogP contribution in [0, 0.1) is 0 Å².